The summed E-state index contributed by atoms with van der Waals surface area (Å²) >= 11 is 0. The molecule has 0 radical (unpaired) electrons. The number of hydrogen-bond acceptors (Lipinski definition) is 5. The van der Waals surface area contributed by atoms with Crippen molar-refractivity contribution in [2.24, 2.45) is 0 Å². The smallest absolute Gasteiger partial charge is 0.267 e. The van der Waals surface area contributed by atoms with Crippen LogP contribution in [0.2, 0.25) is 0 Å². The van der Waals surface area contributed by atoms with Crippen LogP contribution in [0.3, 0.4) is 0 Å². The lowest BCUT2D eigenvalue weighted by atomic mass is 10.1. The Kier molecular flexibility index (Phi) is 4.67. The lowest BCUT2D eigenvalue weighted by Gasteiger charge is -2.11. The molecule has 0 spiro atoms. The van der Waals surface area contributed by atoms with Crippen molar-refractivity contribution >= 4 is 23.2 Å². The first-order chi connectivity index (χ1) is 14.2. The number of nitrogens with zero attached hydrogens (tertiary/aromatic N) is 5. The predicted molar refractivity (Wildman–Crippen MR) is 110 cm³/mol. The third-order valence-corrected chi connectivity index (χ3v) is 4.39. The topological polar surface area (TPSA) is 95.4 Å². The number of pyridine rings is 1. The molecule has 29 heavy (non-hydrogen) atoms. The van der Waals surface area contributed by atoms with Crippen LogP contribution in [0.1, 0.15) is 22.5 Å². The van der Waals surface area contributed by atoms with Gasteiger partial charge in [0.05, 0.1) is 34.3 Å². The van der Waals surface area contributed by atoms with E-state index >= 15 is 0 Å². The van der Waals surface area contributed by atoms with E-state index in [0.717, 1.165) is 5.56 Å². The Morgan fingerprint density at radius 2 is 1.52 bits per heavy atom. The van der Waals surface area contributed by atoms with E-state index in [1.54, 1.807) is 60.8 Å². The molecule has 4 rings (SSSR count). The maximum absolute atomic E-state index is 13.1. The first-order valence-electron chi connectivity index (χ1n) is 8.76. The first-order valence-corrected chi connectivity index (χ1v) is 8.76. The van der Waals surface area contributed by atoms with Gasteiger partial charge in [-0.15, -0.1) is 0 Å². The fourth-order valence-corrected chi connectivity index (χ4v) is 2.92. The van der Waals surface area contributed by atoms with E-state index in [0.29, 0.717) is 33.7 Å². The second-order valence-corrected chi connectivity index (χ2v) is 6.21. The van der Waals surface area contributed by atoms with Crippen molar-refractivity contribution in [1.29, 1.82) is 10.5 Å². The second-order valence-electron chi connectivity index (χ2n) is 6.21. The molecule has 4 aromatic rings. The summed E-state index contributed by atoms with van der Waals surface area (Å²) in [5.41, 5.74) is 2.67. The van der Waals surface area contributed by atoms with E-state index in [9.17, 15) is 4.79 Å². The van der Waals surface area contributed by atoms with Crippen LogP contribution in [-0.2, 0) is 0 Å². The first kappa shape index (κ1) is 17.8. The molecule has 0 aliphatic heterocycles. The van der Waals surface area contributed by atoms with Gasteiger partial charge < -0.3 is 0 Å². The Morgan fingerprint density at radius 1 is 0.862 bits per heavy atom. The van der Waals surface area contributed by atoms with Crippen molar-refractivity contribution < 1.29 is 0 Å². The van der Waals surface area contributed by atoms with Gasteiger partial charge >= 0.3 is 0 Å². The van der Waals surface area contributed by atoms with E-state index in [1.165, 1.54) is 4.57 Å². The van der Waals surface area contributed by atoms with Gasteiger partial charge in [-0.1, -0.05) is 18.2 Å². The van der Waals surface area contributed by atoms with Crippen LogP contribution >= 0.6 is 0 Å². The Hall–Kier alpha value is -4.55. The Bertz CT molecular complexity index is 1370. The van der Waals surface area contributed by atoms with Crippen molar-refractivity contribution in [3.05, 3.63) is 99.7 Å². The molecular formula is C23H13N5O. The summed E-state index contributed by atoms with van der Waals surface area (Å²) in [6, 6.07) is 21.4. The SMILES string of the molecule is N#Cc1ccc(/C=C/c2nc3ncccc3c(=O)n2-c2ccc(C#N)cc2)cc1. The molecule has 0 atom stereocenters. The molecule has 2 aromatic heterocycles. The van der Waals surface area contributed by atoms with Gasteiger partial charge in [-0.3, -0.25) is 9.36 Å². The molecule has 6 heteroatoms. The number of aromatic nitrogens is 3. The molecule has 0 saturated carbocycles. The molecule has 2 aromatic carbocycles. The lowest BCUT2D eigenvalue weighted by Crippen LogP contribution is -2.22. The zero-order valence-electron chi connectivity index (χ0n) is 15.1. The van der Waals surface area contributed by atoms with Gasteiger partial charge in [0.25, 0.3) is 5.56 Å². The van der Waals surface area contributed by atoms with Crippen molar-refractivity contribution in [3.63, 3.8) is 0 Å². The Labute approximate surface area is 166 Å². The summed E-state index contributed by atoms with van der Waals surface area (Å²) in [5, 5.41) is 18.4. The molecule has 6 nitrogen and oxygen atoms in total. The maximum atomic E-state index is 13.1. The fourth-order valence-electron chi connectivity index (χ4n) is 2.92. The third kappa shape index (κ3) is 3.51. The predicted octanol–water partition coefficient (Wildman–Crippen LogP) is 3.69. The summed E-state index contributed by atoms with van der Waals surface area (Å²) in [6.45, 7) is 0. The minimum atomic E-state index is -0.243. The minimum absolute atomic E-state index is 0.243. The van der Waals surface area contributed by atoms with Crippen LogP contribution in [-0.4, -0.2) is 14.5 Å². The summed E-state index contributed by atoms with van der Waals surface area (Å²) in [6.07, 6.45) is 5.14. The monoisotopic (exact) mass is 375 g/mol. The highest BCUT2D eigenvalue weighted by atomic mass is 16.1. The molecule has 0 unspecified atom stereocenters. The van der Waals surface area contributed by atoms with Gasteiger partial charge in [0, 0.05) is 6.20 Å². The molecule has 0 saturated heterocycles. The quantitative estimate of drug-likeness (QED) is 0.544. The van der Waals surface area contributed by atoms with E-state index in [1.807, 2.05) is 18.2 Å². The third-order valence-electron chi connectivity index (χ3n) is 4.39. The lowest BCUT2D eigenvalue weighted by molar-refractivity contribution is 0.937. The van der Waals surface area contributed by atoms with E-state index in [-0.39, 0.29) is 5.56 Å². The second kappa shape index (κ2) is 7.59. The summed E-state index contributed by atoms with van der Waals surface area (Å²) in [7, 11) is 0. The molecule has 0 aliphatic carbocycles. The summed E-state index contributed by atoms with van der Waals surface area (Å²) < 4.78 is 1.49. The molecular weight excluding hydrogens is 362 g/mol. The highest BCUT2D eigenvalue weighted by Crippen LogP contribution is 2.15. The molecule has 0 aliphatic rings. The summed E-state index contributed by atoms with van der Waals surface area (Å²) in [5.74, 6) is 0.412. The van der Waals surface area contributed by atoms with Gasteiger partial charge in [0.1, 0.15) is 5.82 Å². The summed E-state index contributed by atoms with van der Waals surface area (Å²) in [4.78, 5) is 21.9. The largest absolute Gasteiger partial charge is 0.268 e. The normalized spacial score (nSPS) is 10.7. The van der Waals surface area contributed by atoms with Crippen LogP contribution < -0.4 is 5.56 Å². The van der Waals surface area contributed by atoms with Crippen LogP contribution in [0.25, 0.3) is 28.9 Å². The number of fused-ring (bicyclic) bond motifs is 1. The van der Waals surface area contributed by atoms with Crippen LogP contribution in [0.5, 0.6) is 0 Å². The van der Waals surface area contributed by atoms with Gasteiger partial charge in [-0.25, -0.2) is 9.97 Å². The number of hydrogen-bond donors (Lipinski definition) is 0. The zero-order chi connectivity index (χ0) is 20.2. The van der Waals surface area contributed by atoms with Crippen molar-refractivity contribution in [2.75, 3.05) is 0 Å². The van der Waals surface area contributed by atoms with Gasteiger partial charge in [0.15, 0.2) is 5.65 Å². The van der Waals surface area contributed by atoms with Crippen LogP contribution in [0, 0.1) is 22.7 Å². The van der Waals surface area contributed by atoms with Crippen molar-refractivity contribution in [2.45, 2.75) is 0 Å². The molecule has 0 N–H and O–H groups in total. The number of rotatable bonds is 3. The molecule has 136 valence electrons. The van der Waals surface area contributed by atoms with E-state index < -0.39 is 0 Å². The molecule has 0 fully saturated rings. The standard InChI is InChI=1S/C23H13N5O/c24-14-17-5-3-16(4-6-17)9-12-21-27-22-20(2-1-13-26-22)23(29)28(21)19-10-7-18(15-25)8-11-19/h1-13H/b12-9+. The highest BCUT2D eigenvalue weighted by molar-refractivity contribution is 5.77. The molecule has 0 bridgehead atoms. The molecule has 0 amide bonds. The van der Waals surface area contributed by atoms with Crippen molar-refractivity contribution in [3.8, 4) is 17.8 Å². The van der Waals surface area contributed by atoms with Gasteiger partial charge in [-0.2, -0.15) is 10.5 Å². The van der Waals surface area contributed by atoms with Gasteiger partial charge in [0.2, 0.25) is 0 Å². The van der Waals surface area contributed by atoms with Crippen LogP contribution in [0.4, 0.5) is 0 Å². The van der Waals surface area contributed by atoms with E-state index in [2.05, 4.69) is 22.1 Å². The average Bonchev–Trinajstić information content (AvgIpc) is 2.78. The fraction of sp³-hybridized carbons (Fsp3) is 0. The zero-order valence-corrected chi connectivity index (χ0v) is 15.1. The number of benzene rings is 2. The number of nitriles is 2. The Morgan fingerprint density at radius 3 is 2.17 bits per heavy atom. The maximum Gasteiger partial charge on any atom is 0.267 e. The van der Waals surface area contributed by atoms with E-state index in [4.69, 9.17) is 10.5 Å². The Balaban J connectivity index is 1.88. The minimum Gasteiger partial charge on any atom is -0.268 e. The van der Waals surface area contributed by atoms with Gasteiger partial charge in [-0.05, 0) is 60.2 Å². The van der Waals surface area contributed by atoms with Crippen LogP contribution in [0.15, 0.2) is 71.7 Å². The highest BCUT2D eigenvalue weighted by Gasteiger charge is 2.11. The van der Waals surface area contributed by atoms with Crippen molar-refractivity contribution in [1.82, 2.24) is 14.5 Å². The molecule has 2 heterocycles. The average molecular weight is 375 g/mol.